The van der Waals surface area contributed by atoms with Crippen molar-refractivity contribution in [1.29, 1.82) is 0 Å². The number of rotatable bonds is 5. The Balaban J connectivity index is 1.67. The molecule has 2 amide bonds. The Morgan fingerprint density at radius 3 is 2.58 bits per heavy atom. The van der Waals surface area contributed by atoms with E-state index in [9.17, 15) is 14.4 Å². The van der Waals surface area contributed by atoms with Crippen molar-refractivity contribution < 1.29 is 23.9 Å². The fraction of sp³-hybridized carbons (Fsp3) is 0.136. The second-order valence-electron chi connectivity index (χ2n) is 6.79. The van der Waals surface area contributed by atoms with Crippen LogP contribution in [0.2, 0.25) is 0 Å². The minimum Gasteiger partial charge on any atom is -0.493 e. The lowest BCUT2D eigenvalue weighted by Crippen LogP contribution is -2.48. The topological polar surface area (TPSA) is 89.0 Å². The zero-order chi connectivity index (χ0) is 23.7. The molecule has 0 radical (unpaired) electrons. The number of thiazole rings is 1. The Bertz CT molecular complexity index is 1300. The number of thiocarbonyl (C=S) groups is 1. The molecule has 1 aromatic heterocycles. The van der Waals surface area contributed by atoms with Crippen molar-refractivity contribution in [3.8, 4) is 11.5 Å². The van der Waals surface area contributed by atoms with Crippen LogP contribution in [0.25, 0.3) is 16.3 Å². The molecule has 1 saturated heterocycles. The molecule has 11 heteroatoms. The fourth-order valence-electron chi connectivity index (χ4n) is 3.11. The highest BCUT2D eigenvalue weighted by Crippen LogP contribution is 2.38. The van der Waals surface area contributed by atoms with Crippen molar-refractivity contribution in [2.75, 3.05) is 12.1 Å². The Morgan fingerprint density at radius 1 is 1.15 bits per heavy atom. The summed E-state index contributed by atoms with van der Waals surface area (Å²) in [4.78, 5) is 41.9. The molecule has 2 aromatic carbocycles. The van der Waals surface area contributed by atoms with Crippen molar-refractivity contribution in [1.82, 2.24) is 9.99 Å². The smallest absolute Gasteiger partial charge is 0.308 e. The van der Waals surface area contributed by atoms with Gasteiger partial charge in [-0.25, -0.2) is 4.98 Å². The maximum Gasteiger partial charge on any atom is 0.308 e. The third-order valence-corrected chi connectivity index (χ3v) is 6.77. The number of thioether (sulfide) groups is 1. The van der Waals surface area contributed by atoms with Crippen LogP contribution in [-0.2, 0) is 14.4 Å². The monoisotopic (exact) mass is 499 g/mol. The quantitative estimate of drug-likeness (QED) is 0.221. The number of para-hydroxylation sites is 1. The number of hydrogen-bond acceptors (Lipinski definition) is 9. The summed E-state index contributed by atoms with van der Waals surface area (Å²) in [5.74, 6) is -0.690. The molecule has 1 aliphatic heterocycles. The van der Waals surface area contributed by atoms with E-state index in [1.165, 1.54) is 37.3 Å². The van der Waals surface area contributed by atoms with Gasteiger partial charge in [0.05, 0.1) is 22.2 Å². The number of anilines is 1. The number of carbonyl (C=O) groups is 3. The average Bonchev–Trinajstić information content (AvgIpc) is 3.30. The number of hydrazine groups is 1. The number of methoxy groups -OCH3 is 1. The summed E-state index contributed by atoms with van der Waals surface area (Å²) in [6.07, 6.45) is 1.63. The number of carbonyl (C=O) groups excluding carboxylic acids is 3. The van der Waals surface area contributed by atoms with E-state index in [0.717, 1.165) is 27.0 Å². The highest BCUT2D eigenvalue weighted by Gasteiger charge is 2.39. The normalized spacial score (nSPS) is 14.8. The standard InChI is InChI=1S/C22H17N3O5S3/c1-12(26)24(21-23-15-6-4-5-7-18(15)32-21)25-20(28)19(33-22(25)31)11-14-8-9-16(30-13(2)27)17(10-14)29-3/h4-11H,1-3H3/b19-11-. The van der Waals surface area contributed by atoms with Crippen LogP contribution in [-0.4, -0.2) is 39.2 Å². The van der Waals surface area contributed by atoms with Crippen molar-refractivity contribution in [2.24, 2.45) is 0 Å². The molecule has 1 aliphatic rings. The highest BCUT2D eigenvalue weighted by molar-refractivity contribution is 8.26. The summed E-state index contributed by atoms with van der Waals surface area (Å²) in [6.45, 7) is 2.65. The van der Waals surface area contributed by atoms with Crippen molar-refractivity contribution in [3.63, 3.8) is 0 Å². The predicted octanol–water partition coefficient (Wildman–Crippen LogP) is 4.40. The first-order valence-electron chi connectivity index (χ1n) is 9.59. The van der Waals surface area contributed by atoms with Crippen molar-refractivity contribution in [2.45, 2.75) is 13.8 Å². The van der Waals surface area contributed by atoms with E-state index >= 15 is 0 Å². The van der Waals surface area contributed by atoms with Crippen LogP contribution < -0.4 is 14.5 Å². The van der Waals surface area contributed by atoms with Crippen LogP contribution in [0.15, 0.2) is 47.4 Å². The third kappa shape index (κ3) is 4.61. The first-order valence-corrected chi connectivity index (χ1v) is 11.6. The van der Waals surface area contributed by atoms with E-state index in [0.29, 0.717) is 21.3 Å². The van der Waals surface area contributed by atoms with Crippen LogP contribution in [0.3, 0.4) is 0 Å². The lowest BCUT2D eigenvalue weighted by atomic mass is 10.2. The number of nitrogens with zero attached hydrogens (tertiary/aromatic N) is 3. The number of amides is 2. The molecule has 0 atom stereocenters. The second-order valence-corrected chi connectivity index (χ2v) is 9.48. The molecule has 0 aliphatic carbocycles. The Hall–Kier alpha value is -3.28. The molecular formula is C22H17N3O5S3. The minimum absolute atomic E-state index is 0.212. The van der Waals surface area contributed by atoms with Gasteiger partial charge < -0.3 is 9.47 Å². The van der Waals surface area contributed by atoms with E-state index in [1.54, 1.807) is 24.3 Å². The molecule has 2 heterocycles. The highest BCUT2D eigenvalue weighted by atomic mass is 32.2. The summed E-state index contributed by atoms with van der Waals surface area (Å²) in [5, 5.41) is 2.72. The van der Waals surface area contributed by atoms with E-state index < -0.39 is 11.9 Å². The zero-order valence-electron chi connectivity index (χ0n) is 17.7. The lowest BCUT2D eigenvalue weighted by molar-refractivity contribution is -0.132. The van der Waals surface area contributed by atoms with Gasteiger partial charge >= 0.3 is 5.97 Å². The number of benzene rings is 2. The minimum atomic E-state index is -0.471. The SMILES string of the molecule is COc1cc(/C=C2\SC(=S)N(N(C(C)=O)c3nc4ccccc4s3)C2=O)ccc1OC(C)=O. The van der Waals surface area contributed by atoms with E-state index in [2.05, 4.69) is 4.98 Å². The molecule has 0 N–H and O–H groups in total. The van der Waals surface area contributed by atoms with E-state index in [4.69, 9.17) is 21.7 Å². The molecule has 33 heavy (non-hydrogen) atoms. The Kier molecular flexibility index (Phi) is 6.45. The largest absolute Gasteiger partial charge is 0.493 e. The van der Waals surface area contributed by atoms with Crippen LogP contribution in [0, 0.1) is 0 Å². The van der Waals surface area contributed by atoms with Gasteiger partial charge in [0, 0.05) is 13.8 Å². The molecule has 0 unspecified atom stereocenters. The number of hydrogen-bond donors (Lipinski definition) is 0. The van der Waals surface area contributed by atoms with Gasteiger partial charge in [-0.15, -0.1) is 0 Å². The summed E-state index contributed by atoms with van der Waals surface area (Å²) < 4.78 is 11.5. The van der Waals surface area contributed by atoms with E-state index in [1.807, 2.05) is 24.3 Å². The zero-order valence-corrected chi connectivity index (χ0v) is 20.2. The fourth-order valence-corrected chi connectivity index (χ4v) is 5.35. The molecule has 8 nitrogen and oxygen atoms in total. The van der Waals surface area contributed by atoms with Gasteiger partial charge in [-0.3, -0.25) is 14.4 Å². The Morgan fingerprint density at radius 2 is 1.91 bits per heavy atom. The molecule has 0 saturated carbocycles. The molecule has 4 rings (SSSR count). The van der Waals surface area contributed by atoms with Gasteiger partial charge in [-0.2, -0.15) is 10.0 Å². The van der Waals surface area contributed by atoms with Crippen molar-refractivity contribution >= 4 is 78.8 Å². The average molecular weight is 500 g/mol. The summed E-state index contributed by atoms with van der Waals surface area (Å²) in [6, 6.07) is 12.4. The van der Waals surface area contributed by atoms with Crippen LogP contribution in [0.5, 0.6) is 11.5 Å². The van der Waals surface area contributed by atoms with Gasteiger partial charge in [-0.1, -0.05) is 41.3 Å². The molecular weight excluding hydrogens is 482 g/mol. The van der Waals surface area contributed by atoms with Gasteiger partial charge in [0.25, 0.3) is 5.91 Å². The second kappa shape index (κ2) is 9.30. The number of fused-ring (bicyclic) bond motifs is 1. The lowest BCUT2D eigenvalue weighted by Gasteiger charge is -2.26. The van der Waals surface area contributed by atoms with Gasteiger partial charge in [0.2, 0.25) is 11.0 Å². The van der Waals surface area contributed by atoms with E-state index in [-0.39, 0.29) is 16.0 Å². The summed E-state index contributed by atoms with van der Waals surface area (Å²) in [5.41, 5.74) is 1.36. The molecule has 3 aromatic rings. The first-order chi connectivity index (χ1) is 15.8. The predicted molar refractivity (Wildman–Crippen MR) is 132 cm³/mol. The van der Waals surface area contributed by atoms with Gasteiger partial charge in [0.1, 0.15) is 0 Å². The number of esters is 1. The first kappa shape index (κ1) is 22.9. The number of ether oxygens (including phenoxy) is 2. The maximum absolute atomic E-state index is 13.3. The molecule has 1 fully saturated rings. The van der Waals surface area contributed by atoms with Crippen LogP contribution in [0.4, 0.5) is 5.13 Å². The molecule has 0 spiro atoms. The number of aromatic nitrogens is 1. The molecule has 168 valence electrons. The summed E-state index contributed by atoms with van der Waals surface area (Å²) >= 11 is 7.80. The summed E-state index contributed by atoms with van der Waals surface area (Å²) in [7, 11) is 1.45. The van der Waals surface area contributed by atoms with Crippen molar-refractivity contribution in [3.05, 3.63) is 52.9 Å². The van der Waals surface area contributed by atoms with Gasteiger partial charge in [-0.05, 0) is 48.1 Å². The molecule has 0 bridgehead atoms. The third-order valence-electron chi connectivity index (χ3n) is 4.47. The van der Waals surface area contributed by atoms with Crippen LogP contribution in [0.1, 0.15) is 19.4 Å². The van der Waals surface area contributed by atoms with Gasteiger partial charge in [0.15, 0.2) is 15.8 Å². The Labute approximate surface area is 202 Å². The maximum atomic E-state index is 13.3. The van der Waals surface area contributed by atoms with Crippen LogP contribution >= 0.6 is 35.3 Å².